The fourth-order valence-corrected chi connectivity index (χ4v) is 1.39. The molecule has 0 aromatic carbocycles. The molecule has 0 atom stereocenters. The SMILES string of the molecule is CC1CCC(N)(C#N)CC1.Cl. The van der Waals surface area contributed by atoms with E-state index < -0.39 is 5.54 Å². The van der Waals surface area contributed by atoms with E-state index in [2.05, 4.69) is 13.0 Å². The highest BCUT2D eigenvalue weighted by Gasteiger charge is 2.29. The zero-order valence-electron chi connectivity index (χ0n) is 6.84. The molecule has 1 fully saturated rings. The number of hydrogen-bond acceptors (Lipinski definition) is 2. The lowest BCUT2D eigenvalue weighted by Gasteiger charge is -2.29. The molecule has 64 valence electrons. The van der Waals surface area contributed by atoms with E-state index in [-0.39, 0.29) is 12.4 Å². The van der Waals surface area contributed by atoms with Crippen molar-refractivity contribution < 1.29 is 0 Å². The quantitative estimate of drug-likeness (QED) is 0.609. The zero-order chi connectivity index (χ0) is 7.61. The maximum Gasteiger partial charge on any atom is 0.104 e. The number of nitrogens with zero attached hydrogens (tertiary/aromatic N) is 1. The first kappa shape index (κ1) is 10.7. The summed E-state index contributed by atoms with van der Waals surface area (Å²) in [4.78, 5) is 0. The fraction of sp³-hybridized carbons (Fsp3) is 0.875. The molecule has 0 aliphatic heterocycles. The van der Waals surface area contributed by atoms with Gasteiger partial charge in [-0.05, 0) is 31.6 Å². The van der Waals surface area contributed by atoms with Gasteiger partial charge in [-0.3, -0.25) is 0 Å². The third-order valence-corrected chi connectivity index (χ3v) is 2.39. The normalized spacial score (nSPS) is 37.0. The maximum atomic E-state index is 8.66. The van der Waals surface area contributed by atoms with Crippen LogP contribution in [0, 0.1) is 17.2 Å². The van der Waals surface area contributed by atoms with Gasteiger partial charge in [0.2, 0.25) is 0 Å². The van der Waals surface area contributed by atoms with Gasteiger partial charge in [-0.1, -0.05) is 6.92 Å². The Bertz CT molecular complexity index is 154. The topological polar surface area (TPSA) is 49.8 Å². The highest BCUT2D eigenvalue weighted by molar-refractivity contribution is 5.85. The van der Waals surface area contributed by atoms with Gasteiger partial charge in [0.25, 0.3) is 0 Å². The summed E-state index contributed by atoms with van der Waals surface area (Å²) < 4.78 is 0. The minimum Gasteiger partial charge on any atom is -0.313 e. The van der Waals surface area contributed by atoms with Crippen molar-refractivity contribution in [3.8, 4) is 6.07 Å². The number of nitrogens with two attached hydrogens (primary N) is 1. The molecule has 1 aliphatic rings. The van der Waals surface area contributed by atoms with Gasteiger partial charge < -0.3 is 5.73 Å². The Kier molecular flexibility index (Phi) is 3.85. The first-order chi connectivity index (χ1) is 4.66. The van der Waals surface area contributed by atoms with E-state index in [1.807, 2.05) is 0 Å². The Labute approximate surface area is 74.2 Å². The molecule has 2 N–H and O–H groups in total. The summed E-state index contributed by atoms with van der Waals surface area (Å²) in [5, 5.41) is 8.66. The second-order valence-electron chi connectivity index (χ2n) is 3.45. The highest BCUT2D eigenvalue weighted by Crippen LogP contribution is 2.29. The summed E-state index contributed by atoms with van der Waals surface area (Å²) in [6, 6.07) is 2.18. The van der Waals surface area contributed by atoms with Gasteiger partial charge >= 0.3 is 0 Å². The molecule has 0 bridgehead atoms. The van der Waals surface area contributed by atoms with E-state index in [1.165, 1.54) is 0 Å². The summed E-state index contributed by atoms with van der Waals surface area (Å²) in [5.74, 6) is 0.769. The Morgan fingerprint density at radius 3 is 2.27 bits per heavy atom. The monoisotopic (exact) mass is 174 g/mol. The molecule has 0 amide bonds. The van der Waals surface area contributed by atoms with Crippen LogP contribution in [0.2, 0.25) is 0 Å². The first-order valence-electron chi connectivity index (χ1n) is 3.86. The van der Waals surface area contributed by atoms with Crippen LogP contribution in [0.5, 0.6) is 0 Å². The molecule has 1 aliphatic carbocycles. The molecule has 0 aromatic rings. The van der Waals surface area contributed by atoms with Crippen molar-refractivity contribution in [2.24, 2.45) is 11.7 Å². The van der Waals surface area contributed by atoms with Crippen molar-refractivity contribution in [3.63, 3.8) is 0 Å². The third kappa shape index (κ3) is 2.69. The van der Waals surface area contributed by atoms with Crippen molar-refractivity contribution in [1.82, 2.24) is 0 Å². The Hall–Kier alpha value is -0.260. The molecular weight excluding hydrogens is 160 g/mol. The lowest BCUT2D eigenvalue weighted by atomic mass is 9.79. The van der Waals surface area contributed by atoms with Crippen molar-refractivity contribution in [1.29, 1.82) is 5.26 Å². The van der Waals surface area contributed by atoms with Crippen molar-refractivity contribution in [2.75, 3.05) is 0 Å². The van der Waals surface area contributed by atoms with Crippen LogP contribution in [-0.2, 0) is 0 Å². The summed E-state index contributed by atoms with van der Waals surface area (Å²) in [6.45, 7) is 2.22. The average Bonchev–Trinajstić information content (AvgIpc) is 1.96. The molecule has 0 saturated heterocycles. The van der Waals surface area contributed by atoms with Crippen LogP contribution in [0.25, 0.3) is 0 Å². The predicted octanol–water partition coefficient (Wildman–Crippen LogP) is 1.84. The van der Waals surface area contributed by atoms with Crippen LogP contribution >= 0.6 is 12.4 Å². The number of hydrogen-bond donors (Lipinski definition) is 1. The third-order valence-electron chi connectivity index (χ3n) is 2.39. The molecule has 1 saturated carbocycles. The van der Waals surface area contributed by atoms with Gasteiger partial charge in [-0.25, -0.2) is 0 Å². The molecule has 2 nitrogen and oxygen atoms in total. The largest absolute Gasteiger partial charge is 0.313 e. The lowest BCUT2D eigenvalue weighted by molar-refractivity contribution is 0.297. The van der Waals surface area contributed by atoms with E-state index in [1.54, 1.807) is 0 Å². The van der Waals surface area contributed by atoms with Crippen LogP contribution in [-0.4, -0.2) is 5.54 Å². The molecule has 11 heavy (non-hydrogen) atoms. The highest BCUT2D eigenvalue weighted by atomic mass is 35.5. The number of rotatable bonds is 0. The second-order valence-corrected chi connectivity index (χ2v) is 3.45. The summed E-state index contributed by atoms with van der Waals surface area (Å²) in [6.07, 6.45) is 3.99. The minimum absolute atomic E-state index is 0. The van der Waals surface area contributed by atoms with Crippen LogP contribution in [0.3, 0.4) is 0 Å². The molecule has 3 heteroatoms. The lowest BCUT2D eigenvalue weighted by Crippen LogP contribution is -2.41. The number of nitriles is 1. The molecule has 0 heterocycles. The number of halogens is 1. The first-order valence-corrected chi connectivity index (χ1v) is 3.86. The Balaban J connectivity index is 0.000001000. The van der Waals surface area contributed by atoms with E-state index >= 15 is 0 Å². The average molecular weight is 175 g/mol. The van der Waals surface area contributed by atoms with Crippen LogP contribution in [0.15, 0.2) is 0 Å². The zero-order valence-corrected chi connectivity index (χ0v) is 7.66. The fourth-order valence-electron chi connectivity index (χ4n) is 1.39. The van der Waals surface area contributed by atoms with Gasteiger partial charge in [0, 0.05) is 0 Å². The molecule has 0 aromatic heterocycles. The minimum atomic E-state index is -0.494. The summed E-state index contributed by atoms with van der Waals surface area (Å²) in [5.41, 5.74) is 5.27. The molecule has 0 unspecified atom stereocenters. The van der Waals surface area contributed by atoms with Gasteiger partial charge in [0.1, 0.15) is 5.54 Å². The summed E-state index contributed by atoms with van der Waals surface area (Å²) >= 11 is 0. The molecule has 1 rings (SSSR count). The molecular formula is C8H15ClN2. The van der Waals surface area contributed by atoms with Crippen molar-refractivity contribution in [3.05, 3.63) is 0 Å². The Morgan fingerprint density at radius 2 is 1.91 bits per heavy atom. The van der Waals surface area contributed by atoms with Gasteiger partial charge in [-0.15, -0.1) is 12.4 Å². The maximum absolute atomic E-state index is 8.66. The van der Waals surface area contributed by atoms with Crippen LogP contribution < -0.4 is 5.73 Å². The predicted molar refractivity (Wildman–Crippen MR) is 47.4 cm³/mol. The van der Waals surface area contributed by atoms with Crippen LogP contribution in [0.4, 0.5) is 0 Å². The molecule has 0 spiro atoms. The van der Waals surface area contributed by atoms with Crippen molar-refractivity contribution in [2.45, 2.75) is 38.1 Å². The van der Waals surface area contributed by atoms with Gasteiger partial charge in [-0.2, -0.15) is 5.26 Å². The van der Waals surface area contributed by atoms with Crippen LogP contribution in [0.1, 0.15) is 32.6 Å². The van der Waals surface area contributed by atoms with E-state index in [0.29, 0.717) is 0 Å². The molecule has 0 radical (unpaired) electrons. The Morgan fingerprint density at radius 1 is 1.45 bits per heavy atom. The van der Waals surface area contributed by atoms with E-state index in [4.69, 9.17) is 11.0 Å². The van der Waals surface area contributed by atoms with Gasteiger partial charge in [0.15, 0.2) is 0 Å². The second kappa shape index (κ2) is 3.94. The summed E-state index contributed by atoms with van der Waals surface area (Å²) in [7, 11) is 0. The standard InChI is InChI=1S/C8H14N2.ClH/c1-7-2-4-8(10,6-9)5-3-7;/h7H,2-5,10H2,1H3;1H. The van der Waals surface area contributed by atoms with Crippen molar-refractivity contribution >= 4 is 12.4 Å². The van der Waals surface area contributed by atoms with E-state index in [9.17, 15) is 0 Å². The smallest absolute Gasteiger partial charge is 0.104 e. The van der Waals surface area contributed by atoms with E-state index in [0.717, 1.165) is 31.6 Å². The van der Waals surface area contributed by atoms with Gasteiger partial charge in [0.05, 0.1) is 6.07 Å².